The van der Waals surface area contributed by atoms with Crippen molar-refractivity contribution in [2.75, 3.05) is 18.5 Å². The Morgan fingerprint density at radius 1 is 1.43 bits per heavy atom. The number of aryl methyl sites for hydroxylation is 1. The summed E-state index contributed by atoms with van der Waals surface area (Å²) in [5, 5.41) is 6.33. The van der Waals surface area contributed by atoms with E-state index in [-0.39, 0.29) is 18.0 Å². The van der Waals surface area contributed by atoms with Crippen LogP contribution in [0, 0.1) is 0 Å². The normalized spacial score (nSPS) is 20.9. The molecule has 2 N–H and O–H groups in total. The van der Waals surface area contributed by atoms with E-state index in [1.165, 1.54) is 6.33 Å². The number of anilines is 1. The Morgan fingerprint density at radius 3 is 3.09 bits per heavy atom. The van der Waals surface area contributed by atoms with Crippen molar-refractivity contribution in [1.82, 2.24) is 24.8 Å². The van der Waals surface area contributed by atoms with Crippen LogP contribution in [0.1, 0.15) is 23.8 Å². The fraction of sp³-hybridized carbons (Fsp3) is 0.467. The van der Waals surface area contributed by atoms with Crippen molar-refractivity contribution in [2.45, 2.75) is 32.0 Å². The highest BCUT2D eigenvalue weighted by molar-refractivity contribution is 5.92. The highest BCUT2D eigenvalue weighted by atomic mass is 16.5. The van der Waals surface area contributed by atoms with Gasteiger partial charge < -0.3 is 19.9 Å². The maximum Gasteiger partial charge on any atom is 0.271 e. The van der Waals surface area contributed by atoms with Crippen LogP contribution in [-0.2, 0) is 11.3 Å². The van der Waals surface area contributed by atoms with Gasteiger partial charge in [0.2, 0.25) is 0 Å². The molecule has 0 bridgehead atoms. The average Bonchev–Trinajstić information content (AvgIpc) is 3.07. The van der Waals surface area contributed by atoms with Gasteiger partial charge >= 0.3 is 0 Å². The monoisotopic (exact) mass is 316 g/mol. The van der Waals surface area contributed by atoms with E-state index in [9.17, 15) is 4.79 Å². The van der Waals surface area contributed by atoms with Crippen LogP contribution in [0.5, 0.6) is 0 Å². The van der Waals surface area contributed by atoms with Crippen LogP contribution in [0.2, 0.25) is 0 Å². The predicted octanol–water partition coefficient (Wildman–Crippen LogP) is 0.692. The first-order valence-electron chi connectivity index (χ1n) is 7.69. The summed E-state index contributed by atoms with van der Waals surface area (Å²) in [5.74, 6) is 0.545. The lowest BCUT2D eigenvalue weighted by atomic mass is 10.0. The molecular weight excluding hydrogens is 296 g/mol. The van der Waals surface area contributed by atoms with Crippen molar-refractivity contribution in [3.63, 3.8) is 0 Å². The zero-order valence-electron chi connectivity index (χ0n) is 13.0. The summed E-state index contributed by atoms with van der Waals surface area (Å²) in [5.41, 5.74) is 0.430. The van der Waals surface area contributed by atoms with E-state index < -0.39 is 0 Å². The highest BCUT2D eigenvalue weighted by Gasteiger charge is 2.28. The molecule has 0 aliphatic carbocycles. The van der Waals surface area contributed by atoms with Crippen molar-refractivity contribution in [3.8, 4) is 0 Å². The largest absolute Gasteiger partial charge is 0.379 e. The summed E-state index contributed by atoms with van der Waals surface area (Å²) in [7, 11) is 0. The van der Waals surface area contributed by atoms with Gasteiger partial charge in [0.05, 0.1) is 25.0 Å². The Balaban J connectivity index is 1.65. The number of carbonyl (C=O) groups excluding carboxylic acids is 1. The Morgan fingerprint density at radius 2 is 2.35 bits per heavy atom. The summed E-state index contributed by atoms with van der Waals surface area (Å²) in [4.78, 5) is 24.5. The molecule has 2 aromatic rings. The number of aromatic nitrogens is 4. The van der Waals surface area contributed by atoms with E-state index in [0.717, 1.165) is 13.0 Å². The summed E-state index contributed by atoms with van der Waals surface area (Å²) in [6.07, 6.45) is 7.31. The second kappa shape index (κ2) is 7.19. The Kier molecular flexibility index (Phi) is 4.82. The molecule has 1 saturated heterocycles. The molecule has 1 aliphatic rings. The lowest BCUT2D eigenvalue weighted by Gasteiger charge is -2.32. The number of amides is 1. The zero-order valence-corrected chi connectivity index (χ0v) is 13.0. The summed E-state index contributed by atoms with van der Waals surface area (Å²) >= 11 is 0. The minimum absolute atomic E-state index is 0.0435. The van der Waals surface area contributed by atoms with Gasteiger partial charge in [0.25, 0.3) is 5.91 Å². The van der Waals surface area contributed by atoms with Gasteiger partial charge in [0.1, 0.15) is 17.8 Å². The molecule has 8 heteroatoms. The van der Waals surface area contributed by atoms with Crippen LogP contribution in [0.25, 0.3) is 0 Å². The molecule has 3 rings (SSSR count). The topological polar surface area (TPSA) is 94.0 Å². The molecule has 1 fully saturated rings. The molecule has 0 saturated carbocycles. The van der Waals surface area contributed by atoms with E-state index in [1.807, 2.05) is 11.5 Å². The Hall–Kier alpha value is -2.48. The first-order valence-corrected chi connectivity index (χ1v) is 7.69. The maximum atomic E-state index is 12.4. The Labute approximate surface area is 134 Å². The van der Waals surface area contributed by atoms with Crippen molar-refractivity contribution < 1.29 is 9.53 Å². The standard InChI is InChI=1S/C15H20N6O2/c1-2-21-7-12(18-10-21)15(22)20-11-4-6-23-8-13(11)19-14-3-5-16-9-17-14/h3,5,7,9-11,13H,2,4,6,8H2,1H3,(H,20,22)(H,16,17,19)/t11-,13+/m0/s1. The van der Waals surface area contributed by atoms with Gasteiger partial charge in [-0.3, -0.25) is 4.79 Å². The van der Waals surface area contributed by atoms with E-state index in [2.05, 4.69) is 25.6 Å². The van der Waals surface area contributed by atoms with Gasteiger partial charge in [0.15, 0.2) is 0 Å². The molecule has 2 aromatic heterocycles. The van der Waals surface area contributed by atoms with Gasteiger partial charge in [-0.1, -0.05) is 0 Å². The summed E-state index contributed by atoms with van der Waals surface area (Å²) in [6, 6.07) is 1.70. The van der Waals surface area contributed by atoms with E-state index in [1.54, 1.807) is 24.8 Å². The third-order valence-corrected chi connectivity index (χ3v) is 3.82. The number of nitrogens with one attached hydrogen (secondary N) is 2. The van der Waals surface area contributed by atoms with E-state index >= 15 is 0 Å². The quantitative estimate of drug-likeness (QED) is 0.843. The van der Waals surface area contributed by atoms with Crippen LogP contribution >= 0.6 is 0 Å². The fourth-order valence-electron chi connectivity index (χ4n) is 2.51. The van der Waals surface area contributed by atoms with Crippen LogP contribution in [0.3, 0.4) is 0 Å². The first kappa shape index (κ1) is 15.4. The molecule has 0 aromatic carbocycles. The molecule has 8 nitrogen and oxygen atoms in total. The average molecular weight is 316 g/mol. The predicted molar refractivity (Wildman–Crippen MR) is 84.0 cm³/mol. The van der Waals surface area contributed by atoms with Gasteiger partial charge in [-0.25, -0.2) is 15.0 Å². The fourth-order valence-corrected chi connectivity index (χ4v) is 2.51. The second-order valence-corrected chi connectivity index (χ2v) is 5.38. The van der Waals surface area contributed by atoms with Crippen LogP contribution < -0.4 is 10.6 Å². The molecule has 3 heterocycles. The molecule has 23 heavy (non-hydrogen) atoms. The molecule has 1 aliphatic heterocycles. The third kappa shape index (κ3) is 3.84. The number of nitrogens with zero attached hydrogens (tertiary/aromatic N) is 4. The number of rotatable bonds is 5. The van der Waals surface area contributed by atoms with E-state index in [4.69, 9.17) is 4.74 Å². The molecule has 0 radical (unpaired) electrons. The van der Waals surface area contributed by atoms with E-state index in [0.29, 0.717) is 24.7 Å². The van der Waals surface area contributed by atoms with Gasteiger partial charge in [0, 0.05) is 25.5 Å². The number of imidazole rings is 1. The minimum atomic E-state index is -0.168. The lowest BCUT2D eigenvalue weighted by molar-refractivity contribution is 0.0618. The van der Waals surface area contributed by atoms with Crippen LogP contribution in [-0.4, -0.2) is 50.7 Å². The van der Waals surface area contributed by atoms with Crippen molar-refractivity contribution in [3.05, 3.63) is 36.8 Å². The third-order valence-electron chi connectivity index (χ3n) is 3.82. The smallest absolute Gasteiger partial charge is 0.271 e. The van der Waals surface area contributed by atoms with Gasteiger partial charge in [-0.2, -0.15) is 0 Å². The maximum absolute atomic E-state index is 12.4. The summed E-state index contributed by atoms with van der Waals surface area (Å²) < 4.78 is 7.39. The van der Waals surface area contributed by atoms with Crippen LogP contribution in [0.15, 0.2) is 31.1 Å². The zero-order chi connectivity index (χ0) is 16.1. The SMILES string of the molecule is CCn1cnc(C(=O)N[C@H]2CCOC[C@H]2Nc2ccncn2)c1. The molecule has 2 atom stereocenters. The Bertz CT molecular complexity index is 644. The summed E-state index contributed by atoms with van der Waals surface area (Å²) in [6.45, 7) is 3.92. The molecule has 0 spiro atoms. The second-order valence-electron chi connectivity index (χ2n) is 5.38. The van der Waals surface area contributed by atoms with Crippen molar-refractivity contribution in [2.24, 2.45) is 0 Å². The van der Waals surface area contributed by atoms with Gasteiger partial charge in [-0.15, -0.1) is 0 Å². The molecule has 122 valence electrons. The van der Waals surface area contributed by atoms with Crippen molar-refractivity contribution in [1.29, 1.82) is 0 Å². The molecule has 1 amide bonds. The number of hydrogen-bond donors (Lipinski definition) is 2. The van der Waals surface area contributed by atoms with Gasteiger partial charge in [-0.05, 0) is 19.4 Å². The minimum Gasteiger partial charge on any atom is -0.379 e. The highest BCUT2D eigenvalue weighted by Crippen LogP contribution is 2.13. The molecule has 0 unspecified atom stereocenters. The first-order chi connectivity index (χ1) is 11.3. The lowest BCUT2D eigenvalue weighted by Crippen LogP contribution is -2.52. The number of hydrogen-bond acceptors (Lipinski definition) is 6. The number of carbonyl (C=O) groups is 1. The number of ether oxygens (including phenoxy) is 1. The molecular formula is C15H20N6O2. The van der Waals surface area contributed by atoms with Crippen LogP contribution in [0.4, 0.5) is 5.82 Å². The van der Waals surface area contributed by atoms with Crippen molar-refractivity contribution >= 4 is 11.7 Å².